The number of pyridine rings is 1. The van der Waals surface area contributed by atoms with E-state index in [1.54, 1.807) is 18.5 Å². The molecular weight excluding hydrogens is 153 g/mol. The number of hydrogen-bond donors (Lipinski definition) is 0. The summed E-state index contributed by atoms with van der Waals surface area (Å²) in [4.78, 5) is 3.99. The van der Waals surface area contributed by atoms with Gasteiger partial charge in [-0.2, -0.15) is 0 Å². The van der Waals surface area contributed by atoms with Crippen molar-refractivity contribution >= 4 is 10.8 Å². The lowest BCUT2D eigenvalue weighted by Crippen LogP contribution is -1.82. The van der Waals surface area contributed by atoms with Gasteiger partial charge in [0.1, 0.15) is 5.82 Å². The van der Waals surface area contributed by atoms with Crippen molar-refractivity contribution in [3.63, 3.8) is 0 Å². The van der Waals surface area contributed by atoms with Crippen LogP contribution in [-0.4, -0.2) is 4.98 Å². The Balaban J connectivity index is 2.86. The van der Waals surface area contributed by atoms with Gasteiger partial charge in [0.25, 0.3) is 0 Å². The van der Waals surface area contributed by atoms with Crippen LogP contribution in [0.3, 0.4) is 0 Å². The third-order valence-electron chi connectivity index (χ3n) is 1.92. The second-order valence-electron chi connectivity index (χ2n) is 2.82. The molecule has 0 saturated carbocycles. The number of hydrogen-bond acceptors (Lipinski definition) is 1. The highest BCUT2D eigenvalue weighted by Gasteiger charge is 1.97. The Morgan fingerprint density at radius 2 is 2.08 bits per heavy atom. The van der Waals surface area contributed by atoms with Gasteiger partial charge in [-0.05, 0) is 30.0 Å². The fraction of sp³-hybridized carbons (Fsp3) is 0.100. The van der Waals surface area contributed by atoms with Crippen LogP contribution >= 0.6 is 0 Å². The van der Waals surface area contributed by atoms with Crippen LogP contribution < -0.4 is 0 Å². The Bertz CT molecular complexity index is 423. The minimum absolute atomic E-state index is 0.213. The molecule has 0 atom stereocenters. The number of fused-ring (bicyclic) bond motifs is 1. The third kappa shape index (κ3) is 1.05. The SMILES string of the molecule is Cc1cncc2cc(F)ccc12. The molecule has 0 bridgehead atoms. The molecule has 2 aromatic rings. The predicted molar refractivity (Wildman–Crippen MR) is 46.4 cm³/mol. The van der Waals surface area contributed by atoms with Crippen LogP contribution in [0.1, 0.15) is 5.56 Å². The van der Waals surface area contributed by atoms with Gasteiger partial charge in [0.2, 0.25) is 0 Å². The van der Waals surface area contributed by atoms with Crippen molar-refractivity contribution in [2.75, 3.05) is 0 Å². The molecule has 2 heteroatoms. The van der Waals surface area contributed by atoms with Crippen LogP contribution in [0.15, 0.2) is 30.6 Å². The van der Waals surface area contributed by atoms with E-state index < -0.39 is 0 Å². The van der Waals surface area contributed by atoms with Crippen molar-refractivity contribution in [2.24, 2.45) is 0 Å². The number of benzene rings is 1. The van der Waals surface area contributed by atoms with E-state index in [0.717, 1.165) is 16.3 Å². The zero-order valence-electron chi connectivity index (χ0n) is 6.71. The number of aromatic nitrogens is 1. The topological polar surface area (TPSA) is 12.9 Å². The highest BCUT2D eigenvalue weighted by Crippen LogP contribution is 2.17. The van der Waals surface area contributed by atoms with Gasteiger partial charge < -0.3 is 0 Å². The van der Waals surface area contributed by atoms with Crippen molar-refractivity contribution in [2.45, 2.75) is 6.92 Å². The molecule has 0 N–H and O–H groups in total. The number of aryl methyl sites for hydroxylation is 1. The lowest BCUT2D eigenvalue weighted by Gasteiger charge is -1.99. The first-order valence-corrected chi connectivity index (χ1v) is 3.77. The highest BCUT2D eigenvalue weighted by molar-refractivity contribution is 5.84. The van der Waals surface area contributed by atoms with Crippen LogP contribution in [0.25, 0.3) is 10.8 Å². The van der Waals surface area contributed by atoms with E-state index in [9.17, 15) is 4.39 Å². The summed E-state index contributed by atoms with van der Waals surface area (Å²) in [6.07, 6.45) is 3.45. The molecule has 0 saturated heterocycles. The van der Waals surface area contributed by atoms with Crippen molar-refractivity contribution < 1.29 is 4.39 Å². The summed E-state index contributed by atoms with van der Waals surface area (Å²) >= 11 is 0. The fourth-order valence-electron chi connectivity index (χ4n) is 1.30. The third-order valence-corrected chi connectivity index (χ3v) is 1.92. The van der Waals surface area contributed by atoms with E-state index in [1.165, 1.54) is 12.1 Å². The molecule has 1 nitrogen and oxygen atoms in total. The smallest absolute Gasteiger partial charge is 0.123 e. The Morgan fingerprint density at radius 1 is 1.25 bits per heavy atom. The molecular formula is C10H8FN. The second-order valence-corrected chi connectivity index (χ2v) is 2.82. The van der Waals surface area contributed by atoms with E-state index >= 15 is 0 Å². The Morgan fingerprint density at radius 3 is 2.92 bits per heavy atom. The minimum Gasteiger partial charge on any atom is -0.264 e. The molecule has 0 spiro atoms. The largest absolute Gasteiger partial charge is 0.264 e. The fourth-order valence-corrected chi connectivity index (χ4v) is 1.30. The Hall–Kier alpha value is -1.44. The summed E-state index contributed by atoms with van der Waals surface area (Å²) in [5.74, 6) is -0.213. The monoisotopic (exact) mass is 161 g/mol. The average Bonchev–Trinajstić information content (AvgIpc) is 2.04. The maximum Gasteiger partial charge on any atom is 0.123 e. The molecule has 1 heterocycles. The van der Waals surface area contributed by atoms with Gasteiger partial charge in [0.15, 0.2) is 0 Å². The van der Waals surface area contributed by atoms with Gasteiger partial charge in [-0.3, -0.25) is 4.98 Å². The molecule has 0 radical (unpaired) electrons. The first-order valence-electron chi connectivity index (χ1n) is 3.77. The molecule has 0 unspecified atom stereocenters. The summed E-state index contributed by atoms with van der Waals surface area (Å²) < 4.78 is 12.7. The standard InChI is InChI=1S/C10H8FN/c1-7-5-12-6-8-4-9(11)2-3-10(7)8/h2-6H,1H3. The Labute approximate surface area is 69.9 Å². The van der Waals surface area contributed by atoms with E-state index in [1.807, 2.05) is 6.92 Å². The van der Waals surface area contributed by atoms with Crippen LogP contribution in [-0.2, 0) is 0 Å². The molecule has 1 aromatic heterocycles. The van der Waals surface area contributed by atoms with Crippen LogP contribution in [0, 0.1) is 12.7 Å². The first kappa shape index (κ1) is 7.22. The molecule has 0 amide bonds. The normalized spacial score (nSPS) is 10.5. The zero-order chi connectivity index (χ0) is 8.55. The van der Waals surface area contributed by atoms with Gasteiger partial charge >= 0.3 is 0 Å². The minimum atomic E-state index is -0.213. The van der Waals surface area contributed by atoms with Gasteiger partial charge in [-0.1, -0.05) is 6.07 Å². The molecule has 12 heavy (non-hydrogen) atoms. The van der Waals surface area contributed by atoms with E-state index in [0.29, 0.717) is 0 Å². The summed E-state index contributed by atoms with van der Waals surface area (Å²) in [5.41, 5.74) is 1.08. The maximum absolute atomic E-state index is 12.7. The summed E-state index contributed by atoms with van der Waals surface area (Å²) in [5, 5.41) is 1.92. The lowest BCUT2D eigenvalue weighted by molar-refractivity contribution is 0.629. The number of halogens is 1. The summed E-state index contributed by atoms with van der Waals surface area (Å²) in [6.45, 7) is 1.97. The van der Waals surface area contributed by atoms with Crippen LogP contribution in [0.2, 0.25) is 0 Å². The molecule has 0 aliphatic heterocycles. The predicted octanol–water partition coefficient (Wildman–Crippen LogP) is 2.68. The van der Waals surface area contributed by atoms with Crippen molar-refractivity contribution in [3.8, 4) is 0 Å². The van der Waals surface area contributed by atoms with Gasteiger partial charge in [0, 0.05) is 17.8 Å². The quantitative estimate of drug-likeness (QED) is 0.578. The van der Waals surface area contributed by atoms with Crippen molar-refractivity contribution in [1.29, 1.82) is 0 Å². The van der Waals surface area contributed by atoms with E-state index in [2.05, 4.69) is 4.98 Å². The van der Waals surface area contributed by atoms with E-state index in [4.69, 9.17) is 0 Å². The molecule has 1 aromatic carbocycles. The second kappa shape index (κ2) is 2.55. The van der Waals surface area contributed by atoms with Crippen molar-refractivity contribution in [3.05, 3.63) is 42.0 Å². The molecule has 2 rings (SSSR count). The van der Waals surface area contributed by atoms with Crippen molar-refractivity contribution in [1.82, 2.24) is 4.98 Å². The van der Waals surface area contributed by atoms with E-state index in [-0.39, 0.29) is 5.82 Å². The average molecular weight is 161 g/mol. The van der Waals surface area contributed by atoms with Gasteiger partial charge in [0.05, 0.1) is 0 Å². The van der Waals surface area contributed by atoms with Gasteiger partial charge in [-0.15, -0.1) is 0 Å². The molecule has 60 valence electrons. The summed E-state index contributed by atoms with van der Waals surface area (Å²) in [7, 11) is 0. The van der Waals surface area contributed by atoms with Crippen LogP contribution in [0.5, 0.6) is 0 Å². The lowest BCUT2D eigenvalue weighted by atomic mass is 10.1. The molecule has 0 aliphatic carbocycles. The molecule has 0 aliphatic rings. The maximum atomic E-state index is 12.7. The van der Waals surface area contributed by atoms with Crippen LogP contribution in [0.4, 0.5) is 4.39 Å². The summed E-state index contributed by atoms with van der Waals surface area (Å²) in [6, 6.07) is 4.74. The Kier molecular flexibility index (Phi) is 1.54. The first-order chi connectivity index (χ1) is 5.77. The number of rotatable bonds is 0. The highest BCUT2D eigenvalue weighted by atomic mass is 19.1. The zero-order valence-corrected chi connectivity index (χ0v) is 6.71. The van der Waals surface area contributed by atoms with Gasteiger partial charge in [-0.25, -0.2) is 4.39 Å². The molecule has 0 fully saturated rings. The number of nitrogens with zero attached hydrogens (tertiary/aromatic N) is 1.